The van der Waals surface area contributed by atoms with Crippen LogP contribution in [0.3, 0.4) is 0 Å². The number of aromatic hydroxyl groups is 1. The lowest BCUT2D eigenvalue weighted by atomic mass is 10.1. The number of pyridine rings is 1. The average molecular weight is 456 g/mol. The van der Waals surface area contributed by atoms with Gasteiger partial charge in [0.05, 0.1) is 18.7 Å². The lowest BCUT2D eigenvalue weighted by Crippen LogP contribution is -2.36. The van der Waals surface area contributed by atoms with Crippen LogP contribution in [-0.4, -0.2) is 74.2 Å². The third-order valence-corrected chi connectivity index (χ3v) is 7.08. The van der Waals surface area contributed by atoms with Gasteiger partial charge in [-0.25, -0.2) is 0 Å². The van der Waals surface area contributed by atoms with E-state index in [1.54, 1.807) is 7.11 Å². The van der Waals surface area contributed by atoms with Gasteiger partial charge in [0, 0.05) is 43.0 Å². The monoisotopic (exact) mass is 455 g/mol. The van der Waals surface area contributed by atoms with Gasteiger partial charge in [0.2, 0.25) is 0 Å². The number of anilines is 1. The quantitative estimate of drug-likeness (QED) is 0.472. The number of methoxy groups -OCH3 is 1. The number of aromatic nitrogens is 1. The first-order valence-corrected chi connectivity index (χ1v) is 12.6. The standard InChI is InChI=1S/C26H37N3O4/c1-31-11-12-32-19(16-29-9-2-3-10-29)17-33-25-14-23-21(13-24(25)30)26(27-15-18-7-8-18)20-5-4-6-22(20)28-23/h13-14,18-19,30H,2-12,15-17H2,1H3,(H,27,28). The smallest absolute Gasteiger partial charge is 0.163 e. The van der Waals surface area contributed by atoms with Gasteiger partial charge >= 0.3 is 0 Å². The van der Waals surface area contributed by atoms with Crippen LogP contribution in [0.4, 0.5) is 5.69 Å². The zero-order valence-electron chi connectivity index (χ0n) is 19.8. The minimum Gasteiger partial charge on any atom is -0.504 e. The molecule has 0 amide bonds. The Morgan fingerprint density at radius 3 is 2.79 bits per heavy atom. The van der Waals surface area contributed by atoms with Crippen LogP contribution in [0.2, 0.25) is 0 Å². The van der Waals surface area contributed by atoms with E-state index in [9.17, 15) is 5.11 Å². The number of benzene rings is 1. The van der Waals surface area contributed by atoms with E-state index in [0.29, 0.717) is 25.6 Å². The predicted molar refractivity (Wildman–Crippen MR) is 129 cm³/mol. The lowest BCUT2D eigenvalue weighted by Gasteiger charge is -2.24. The van der Waals surface area contributed by atoms with Gasteiger partial charge < -0.3 is 29.5 Å². The van der Waals surface area contributed by atoms with Gasteiger partial charge in [-0.15, -0.1) is 0 Å². The Morgan fingerprint density at radius 1 is 1.15 bits per heavy atom. The largest absolute Gasteiger partial charge is 0.504 e. The van der Waals surface area contributed by atoms with Crippen molar-refractivity contribution in [2.45, 2.75) is 51.0 Å². The van der Waals surface area contributed by atoms with Crippen molar-refractivity contribution >= 4 is 16.6 Å². The molecular formula is C26H37N3O4. The number of hydrogen-bond donors (Lipinski definition) is 2. The molecule has 0 spiro atoms. The molecule has 2 heterocycles. The molecule has 180 valence electrons. The minimum atomic E-state index is -0.0721. The number of fused-ring (bicyclic) bond motifs is 2. The molecule has 2 aliphatic carbocycles. The average Bonchev–Trinajstić information content (AvgIpc) is 3.27. The molecule has 1 aromatic carbocycles. The molecule has 0 radical (unpaired) electrons. The van der Waals surface area contributed by atoms with Crippen LogP contribution in [0.5, 0.6) is 11.5 Å². The second-order valence-electron chi connectivity index (χ2n) is 9.73. The van der Waals surface area contributed by atoms with Crippen molar-refractivity contribution in [2.75, 3.05) is 58.4 Å². The van der Waals surface area contributed by atoms with Gasteiger partial charge in [-0.2, -0.15) is 0 Å². The number of nitrogens with one attached hydrogen (secondary N) is 1. The van der Waals surface area contributed by atoms with Gasteiger partial charge in [-0.3, -0.25) is 4.98 Å². The summed E-state index contributed by atoms with van der Waals surface area (Å²) in [6.45, 7) is 5.53. The normalized spacial score (nSPS) is 19.2. The number of phenols is 1. The van der Waals surface area contributed by atoms with Crippen LogP contribution >= 0.6 is 0 Å². The van der Waals surface area contributed by atoms with E-state index < -0.39 is 0 Å². The van der Waals surface area contributed by atoms with Crippen LogP contribution in [0.15, 0.2) is 12.1 Å². The summed E-state index contributed by atoms with van der Waals surface area (Å²) in [4.78, 5) is 7.37. The Balaban J connectivity index is 1.33. The van der Waals surface area contributed by atoms with Gasteiger partial charge in [-0.05, 0) is 75.6 Å². The van der Waals surface area contributed by atoms with E-state index in [0.717, 1.165) is 67.9 Å². The molecule has 1 aromatic heterocycles. The molecule has 0 bridgehead atoms. The van der Waals surface area contributed by atoms with Crippen molar-refractivity contribution in [1.82, 2.24) is 9.88 Å². The molecule has 7 nitrogen and oxygen atoms in total. The van der Waals surface area contributed by atoms with Crippen molar-refractivity contribution in [3.8, 4) is 11.5 Å². The minimum absolute atomic E-state index is 0.0721. The van der Waals surface area contributed by atoms with Gasteiger partial charge in [0.1, 0.15) is 12.7 Å². The molecule has 2 fully saturated rings. The fourth-order valence-electron chi connectivity index (χ4n) is 5.05. The zero-order valence-corrected chi connectivity index (χ0v) is 19.8. The summed E-state index contributed by atoms with van der Waals surface area (Å²) in [5.74, 6) is 1.42. The molecule has 1 atom stereocenters. The van der Waals surface area contributed by atoms with Gasteiger partial charge in [0.15, 0.2) is 11.5 Å². The molecule has 3 aliphatic rings. The van der Waals surface area contributed by atoms with Crippen LogP contribution in [0.1, 0.15) is 43.4 Å². The van der Waals surface area contributed by atoms with Crippen LogP contribution in [0.25, 0.3) is 10.9 Å². The Kier molecular flexibility index (Phi) is 7.19. The second-order valence-corrected chi connectivity index (χ2v) is 9.73. The highest BCUT2D eigenvalue weighted by atomic mass is 16.6. The van der Waals surface area contributed by atoms with E-state index in [1.807, 2.05) is 12.1 Å². The first-order chi connectivity index (χ1) is 16.2. The molecule has 1 saturated heterocycles. The third kappa shape index (κ3) is 5.53. The second kappa shape index (κ2) is 10.5. The van der Waals surface area contributed by atoms with Crippen molar-refractivity contribution in [3.05, 3.63) is 23.4 Å². The summed E-state index contributed by atoms with van der Waals surface area (Å²) in [5, 5.41) is 15.5. The summed E-state index contributed by atoms with van der Waals surface area (Å²) < 4.78 is 17.3. The molecule has 33 heavy (non-hydrogen) atoms. The maximum Gasteiger partial charge on any atom is 0.163 e. The van der Waals surface area contributed by atoms with Crippen molar-refractivity contribution in [3.63, 3.8) is 0 Å². The van der Waals surface area contributed by atoms with E-state index in [2.05, 4.69) is 10.2 Å². The van der Waals surface area contributed by atoms with Crippen LogP contribution in [-0.2, 0) is 22.3 Å². The fourth-order valence-corrected chi connectivity index (χ4v) is 5.05. The molecule has 5 rings (SSSR count). The fraction of sp³-hybridized carbons (Fsp3) is 0.654. The first-order valence-electron chi connectivity index (χ1n) is 12.6. The predicted octanol–water partition coefficient (Wildman–Crippen LogP) is 3.76. The number of likely N-dealkylation sites (tertiary alicyclic amines) is 1. The van der Waals surface area contributed by atoms with Crippen LogP contribution in [0, 0.1) is 5.92 Å². The number of phenolic OH excluding ortho intramolecular Hbond substituents is 1. The Morgan fingerprint density at radius 2 is 2.00 bits per heavy atom. The van der Waals surface area contributed by atoms with Crippen molar-refractivity contribution in [2.24, 2.45) is 5.92 Å². The summed E-state index contributed by atoms with van der Waals surface area (Å²) in [6, 6.07) is 3.72. The molecule has 2 N–H and O–H groups in total. The topological polar surface area (TPSA) is 76.1 Å². The Labute approximate surface area is 196 Å². The number of nitrogens with zero attached hydrogens (tertiary/aromatic N) is 2. The van der Waals surface area contributed by atoms with Gasteiger partial charge in [0.25, 0.3) is 0 Å². The molecule has 1 saturated carbocycles. The third-order valence-electron chi connectivity index (χ3n) is 7.08. The molecule has 1 unspecified atom stereocenters. The zero-order chi connectivity index (χ0) is 22.6. The maximum atomic E-state index is 10.8. The molecule has 1 aliphatic heterocycles. The highest BCUT2D eigenvalue weighted by Crippen LogP contribution is 2.40. The first kappa shape index (κ1) is 22.7. The number of hydrogen-bond acceptors (Lipinski definition) is 7. The van der Waals surface area contributed by atoms with E-state index in [4.69, 9.17) is 19.2 Å². The molecule has 2 aromatic rings. The van der Waals surface area contributed by atoms with E-state index in [1.165, 1.54) is 36.9 Å². The summed E-state index contributed by atoms with van der Waals surface area (Å²) in [7, 11) is 1.68. The highest BCUT2D eigenvalue weighted by Gasteiger charge is 2.25. The maximum absolute atomic E-state index is 10.8. The van der Waals surface area contributed by atoms with Crippen molar-refractivity contribution < 1.29 is 19.3 Å². The highest BCUT2D eigenvalue weighted by molar-refractivity contribution is 5.96. The Hall–Kier alpha value is -2.09. The number of rotatable bonds is 12. The Bertz CT molecular complexity index is 956. The summed E-state index contributed by atoms with van der Waals surface area (Å²) >= 11 is 0. The SMILES string of the molecule is COCCOC(COc1cc2nc3c(c(NCC4CC4)c2cc1O)CCC3)CN1CCCC1. The number of aryl methyl sites for hydroxylation is 1. The van der Waals surface area contributed by atoms with E-state index >= 15 is 0 Å². The molecule has 7 heteroatoms. The summed E-state index contributed by atoms with van der Waals surface area (Å²) in [6.07, 6.45) is 8.25. The van der Waals surface area contributed by atoms with E-state index in [-0.39, 0.29) is 11.9 Å². The van der Waals surface area contributed by atoms with Crippen LogP contribution < -0.4 is 10.1 Å². The number of ether oxygens (including phenoxy) is 3. The lowest BCUT2D eigenvalue weighted by molar-refractivity contribution is -0.0193. The van der Waals surface area contributed by atoms with Gasteiger partial charge in [-0.1, -0.05) is 0 Å². The summed E-state index contributed by atoms with van der Waals surface area (Å²) in [5.41, 5.74) is 4.56. The van der Waals surface area contributed by atoms with Crippen molar-refractivity contribution in [1.29, 1.82) is 0 Å². The molecular weight excluding hydrogens is 418 g/mol.